The van der Waals surface area contributed by atoms with Gasteiger partial charge in [-0.15, -0.1) is 10.2 Å². The first-order chi connectivity index (χ1) is 22.7. The number of alkyl halides is 3. The zero-order valence-electron chi connectivity index (χ0n) is 25.1. The van der Waals surface area contributed by atoms with Crippen LogP contribution in [0.5, 0.6) is 0 Å². The third kappa shape index (κ3) is 5.42. The molecule has 1 aromatic carbocycles. The summed E-state index contributed by atoms with van der Waals surface area (Å²) in [5.74, 6) is -2.20. The predicted octanol–water partition coefficient (Wildman–Crippen LogP) is 2.90. The first-order valence-electron chi connectivity index (χ1n) is 15.4. The van der Waals surface area contributed by atoms with E-state index in [1.54, 1.807) is 16.7 Å². The Bertz CT molecular complexity index is 2140. The number of nitrogens with one attached hydrogen (secondary N) is 1. The molecule has 15 heteroatoms. The highest BCUT2D eigenvalue weighted by molar-refractivity contribution is 5.81. The van der Waals surface area contributed by atoms with Crippen molar-refractivity contribution in [2.75, 3.05) is 50.8 Å². The summed E-state index contributed by atoms with van der Waals surface area (Å²) >= 11 is 0. The van der Waals surface area contributed by atoms with E-state index in [9.17, 15) is 18.0 Å². The summed E-state index contributed by atoms with van der Waals surface area (Å²) in [4.78, 5) is 25.8. The molecule has 6 heterocycles. The molecule has 0 atom stereocenters. The molecule has 0 amide bonds. The van der Waals surface area contributed by atoms with Crippen molar-refractivity contribution in [1.29, 1.82) is 0 Å². The number of benzene rings is 1. The lowest BCUT2D eigenvalue weighted by Gasteiger charge is -2.37. The lowest BCUT2D eigenvalue weighted by molar-refractivity contribution is -0.156. The van der Waals surface area contributed by atoms with Crippen LogP contribution in [-0.2, 0) is 17.5 Å². The fourth-order valence-electron chi connectivity index (χ4n) is 6.63. The number of rotatable bonds is 7. The van der Waals surface area contributed by atoms with Gasteiger partial charge in [-0.25, -0.2) is 9.18 Å². The van der Waals surface area contributed by atoms with Gasteiger partial charge in [-0.2, -0.15) is 13.2 Å². The second-order valence-corrected chi connectivity index (χ2v) is 12.1. The summed E-state index contributed by atoms with van der Waals surface area (Å²) in [5.41, 5.74) is 3.22. The van der Waals surface area contributed by atoms with Gasteiger partial charge >= 0.3 is 17.8 Å². The average Bonchev–Trinajstić information content (AvgIpc) is 3.78. The third-order valence-corrected chi connectivity index (χ3v) is 9.16. The van der Waals surface area contributed by atoms with Crippen LogP contribution in [0.3, 0.4) is 0 Å². The maximum atomic E-state index is 15.9. The van der Waals surface area contributed by atoms with Gasteiger partial charge in [0.15, 0.2) is 0 Å². The molecule has 3 aliphatic rings. The van der Waals surface area contributed by atoms with Crippen LogP contribution in [0, 0.1) is 5.82 Å². The maximum Gasteiger partial charge on any atom is 0.470 e. The number of pyridine rings is 1. The van der Waals surface area contributed by atoms with Crippen molar-refractivity contribution in [3.05, 3.63) is 81.2 Å². The van der Waals surface area contributed by atoms with Crippen molar-refractivity contribution in [3.63, 3.8) is 0 Å². The molecule has 244 valence electrons. The number of halogens is 4. The van der Waals surface area contributed by atoms with Gasteiger partial charge in [0.05, 0.1) is 53.8 Å². The molecule has 0 radical (unpaired) electrons. The number of anilines is 1. The molecular formula is C32H30F4N8O3. The van der Waals surface area contributed by atoms with Gasteiger partial charge in [0.25, 0.3) is 0 Å². The van der Waals surface area contributed by atoms with E-state index in [4.69, 9.17) is 9.15 Å². The Morgan fingerprint density at radius 3 is 2.53 bits per heavy atom. The van der Waals surface area contributed by atoms with Crippen LogP contribution in [0.2, 0.25) is 0 Å². The highest BCUT2D eigenvalue weighted by Crippen LogP contribution is 2.32. The van der Waals surface area contributed by atoms with Crippen LogP contribution in [0.1, 0.15) is 30.5 Å². The van der Waals surface area contributed by atoms with Crippen LogP contribution in [0.15, 0.2) is 51.9 Å². The van der Waals surface area contributed by atoms with E-state index >= 15 is 4.39 Å². The Hall–Kier alpha value is -4.76. The Balaban J connectivity index is 1.04. The summed E-state index contributed by atoms with van der Waals surface area (Å²) in [6, 6.07) is 8.17. The molecule has 0 unspecified atom stereocenters. The minimum atomic E-state index is -4.76. The Labute approximate surface area is 264 Å². The number of ether oxygens (including phenoxy) is 1. The first kappa shape index (κ1) is 29.6. The Morgan fingerprint density at radius 2 is 1.83 bits per heavy atom. The van der Waals surface area contributed by atoms with Gasteiger partial charge in [0.2, 0.25) is 5.89 Å². The number of hydrogen-bond acceptors (Lipinski definition) is 8. The molecule has 2 aliphatic heterocycles. The minimum Gasteiger partial charge on any atom is -0.413 e. The molecule has 11 nitrogen and oxygen atoms in total. The SMILES string of the molecule is O=c1n(Cc2ccc(-c3nnc(C(F)(F)F)o3)cn2)c2cc(F)c(N3CCN(CC4=c5cc[nH]c5=CCC4)CC3)cc2n1C1COC1. The number of piperazine rings is 1. The molecule has 4 aromatic heterocycles. The van der Waals surface area contributed by atoms with E-state index in [-0.39, 0.29) is 29.7 Å². The molecule has 0 bridgehead atoms. The average molecular weight is 651 g/mol. The van der Waals surface area contributed by atoms with Crippen molar-refractivity contribution in [3.8, 4) is 11.5 Å². The third-order valence-electron chi connectivity index (χ3n) is 9.16. The molecule has 1 N–H and O–H groups in total. The summed E-state index contributed by atoms with van der Waals surface area (Å²) in [6.07, 6.45) is 2.82. The summed E-state index contributed by atoms with van der Waals surface area (Å²) in [6.45, 7) is 4.54. The van der Waals surface area contributed by atoms with Crippen molar-refractivity contribution in [2.24, 2.45) is 0 Å². The number of hydrogen-bond donors (Lipinski definition) is 1. The quantitative estimate of drug-likeness (QED) is 0.268. The molecule has 2 fully saturated rings. The molecule has 1 aliphatic carbocycles. The van der Waals surface area contributed by atoms with Crippen molar-refractivity contribution in [1.82, 2.24) is 34.2 Å². The van der Waals surface area contributed by atoms with Crippen molar-refractivity contribution in [2.45, 2.75) is 31.6 Å². The number of imidazole rings is 1. The molecule has 2 saturated heterocycles. The van der Waals surface area contributed by atoms with E-state index < -0.39 is 17.9 Å². The van der Waals surface area contributed by atoms with E-state index in [0.717, 1.165) is 32.5 Å². The van der Waals surface area contributed by atoms with Crippen molar-refractivity contribution < 1.29 is 26.7 Å². The van der Waals surface area contributed by atoms with Gasteiger partial charge in [-0.3, -0.25) is 19.0 Å². The van der Waals surface area contributed by atoms with Gasteiger partial charge in [-0.1, -0.05) is 6.08 Å². The number of aromatic nitrogens is 6. The zero-order chi connectivity index (χ0) is 32.3. The Kier molecular flexibility index (Phi) is 7.24. The largest absolute Gasteiger partial charge is 0.470 e. The maximum absolute atomic E-state index is 15.9. The fourth-order valence-corrected chi connectivity index (χ4v) is 6.63. The van der Waals surface area contributed by atoms with Gasteiger partial charge in [0.1, 0.15) is 5.82 Å². The molecule has 8 rings (SSSR count). The molecule has 47 heavy (non-hydrogen) atoms. The monoisotopic (exact) mass is 650 g/mol. The highest BCUT2D eigenvalue weighted by atomic mass is 19.4. The fraction of sp³-hybridized carbons (Fsp3) is 0.375. The Morgan fingerprint density at radius 1 is 1.00 bits per heavy atom. The minimum absolute atomic E-state index is 0.0186. The normalized spacial score (nSPS) is 17.6. The van der Waals surface area contributed by atoms with Gasteiger partial charge in [0, 0.05) is 56.5 Å². The second-order valence-electron chi connectivity index (χ2n) is 12.1. The van der Waals surface area contributed by atoms with Crippen LogP contribution >= 0.6 is 0 Å². The lowest BCUT2D eigenvalue weighted by atomic mass is 10.0. The number of aromatic amines is 1. The zero-order valence-corrected chi connectivity index (χ0v) is 25.1. The van der Waals surface area contributed by atoms with Crippen LogP contribution < -0.4 is 21.2 Å². The van der Waals surface area contributed by atoms with Gasteiger partial charge < -0.3 is 19.0 Å². The molecule has 0 spiro atoms. The molecule has 0 saturated carbocycles. The number of nitrogens with zero attached hydrogens (tertiary/aromatic N) is 7. The van der Waals surface area contributed by atoms with Gasteiger partial charge in [-0.05, 0) is 47.9 Å². The van der Waals surface area contributed by atoms with E-state index in [1.165, 1.54) is 39.0 Å². The summed E-state index contributed by atoms with van der Waals surface area (Å²) in [5, 5.41) is 8.97. The second kappa shape index (κ2) is 11.5. The lowest BCUT2D eigenvalue weighted by Crippen LogP contribution is -2.48. The topological polar surface area (TPSA) is 110 Å². The number of H-pyrrole nitrogens is 1. The smallest absolute Gasteiger partial charge is 0.413 e. The van der Waals surface area contributed by atoms with E-state index in [0.29, 0.717) is 48.7 Å². The standard InChI is InChI=1S/C32H30F4N8O3/c33-24-12-27-28(13-26(24)42-10-8-41(9-11-42)15-20-2-1-3-25-23(20)6-7-37-25)44(22-17-46-18-22)31(45)43(27)16-21-5-4-19(14-38-21)29-39-40-30(47-29)32(34,35)36/h3-7,12-14,22,37H,1-2,8-11,15-18H2. The van der Waals surface area contributed by atoms with Crippen molar-refractivity contribution >= 4 is 28.4 Å². The summed E-state index contributed by atoms with van der Waals surface area (Å²) < 4.78 is 67.7. The molecular weight excluding hydrogens is 620 g/mol. The van der Waals surface area contributed by atoms with Crippen LogP contribution in [0.4, 0.5) is 23.2 Å². The highest BCUT2D eigenvalue weighted by Gasteiger charge is 2.38. The van der Waals surface area contributed by atoms with E-state index in [1.807, 2.05) is 11.1 Å². The molecule has 5 aromatic rings. The predicted molar refractivity (Wildman–Crippen MR) is 163 cm³/mol. The van der Waals surface area contributed by atoms with E-state index in [2.05, 4.69) is 37.2 Å². The van der Waals surface area contributed by atoms with Crippen LogP contribution in [0.25, 0.3) is 34.1 Å². The number of fused-ring (bicyclic) bond motifs is 2. The van der Waals surface area contributed by atoms with Crippen LogP contribution in [-0.4, -0.2) is 80.1 Å². The first-order valence-corrected chi connectivity index (χ1v) is 15.4. The summed E-state index contributed by atoms with van der Waals surface area (Å²) in [7, 11) is 0.